The minimum atomic E-state index is -0.275. The molecule has 0 aliphatic carbocycles. The largest absolute Gasteiger partial charge is 0.353 e. The Bertz CT molecular complexity index is 204. The summed E-state index contributed by atoms with van der Waals surface area (Å²) >= 11 is 0. The quantitative estimate of drug-likeness (QED) is 0.200. The molecular formula is C8H19N5O4. The zero-order chi connectivity index (χ0) is 12.9. The number of nitrogens with two attached hydrogens (primary N) is 2. The Morgan fingerprint density at radius 3 is 1.59 bits per heavy atom. The molecule has 0 saturated heterocycles. The van der Waals surface area contributed by atoms with E-state index >= 15 is 0 Å². The third-order valence-electron chi connectivity index (χ3n) is 1.68. The molecule has 0 aromatic carbocycles. The van der Waals surface area contributed by atoms with Gasteiger partial charge in [0.1, 0.15) is 13.2 Å². The first-order valence-electron chi connectivity index (χ1n) is 5.08. The summed E-state index contributed by atoms with van der Waals surface area (Å²) in [4.78, 5) is 30.0. The lowest BCUT2D eigenvalue weighted by atomic mass is 10.5. The molecule has 0 rings (SSSR count). The van der Waals surface area contributed by atoms with Crippen LogP contribution in [0.15, 0.2) is 0 Å². The number of rotatable bonds is 10. The van der Waals surface area contributed by atoms with Crippen LogP contribution in [0.1, 0.15) is 0 Å². The van der Waals surface area contributed by atoms with E-state index in [0.29, 0.717) is 26.2 Å². The zero-order valence-corrected chi connectivity index (χ0v) is 9.53. The highest BCUT2D eigenvalue weighted by Gasteiger charge is 1.99. The van der Waals surface area contributed by atoms with Crippen molar-refractivity contribution in [1.29, 1.82) is 0 Å². The number of hydrogen-bond donors (Lipinski definition) is 5. The molecule has 0 aromatic rings. The van der Waals surface area contributed by atoms with Crippen molar-refractivity contribution in [2.24, 2.45) is 11.8 Å². The second-order valence-electron chi connectivity index (χ2n) is 3.07. The predicted octanol–water partition coefficient (Wildman–Crippen LogP) is -3.41. The maximum absolute atomic E-state index is 10.9. The van der Waals surface area contributed by atoms with Crippen LogP contribution < -0.4 is 27.7 Å². The third kappa shape index (κ3) is 11.0. The van der Waals surface area contributed by atoms with Crippen molar-refractivity contribution in [2.75, 3.05) is 39.4 Å². The van der Waals surface area contributed by atoms with E-state index < -0.39 is 0 Å². The van der Waals surface area contributed by atoms with E-state index in [9.17, 15) is 9.59 Å². The monoisotopic (exact) mass is 249 g/mol. The van der Waals surface area contributed by atoms with Gasteiger partial charge in [-0.3, -0.25) is 19.3 Å². The van der Waals surface area contributed by atoms with Crippen LogP contribution in [0.25, 0.3) is 0 Å². The molecular weight excluding hydrogens is 230 g/mol. The lowest BCUT2D eigenvalue weighted by Crippen LogP contribution is -2.38. The molecule has 0 fully saturated rings. The van der Waals surface area contributed by atoms with E-state index in [0.717, 1.165) is 0 Å². The minimum absolute atomic E-state index is 0.158. The van der Waals surface area contributed by atoms with Gasteiger partial charge in [-0.2, -0.15) is 0 Å². The Balaban J connectivity index is 3.18. The van der Waals surface area contributed by atoms with Crippen LogP contribution in [-0.2, 0) is 19.3 Å². The van der Waals surface area contributed by atoms with Gasteiger partial charge in [-0.25, -0.2) is 11.8 Å². The molecule has 0 saturated carbocycles. The molecule has 0 aliphatic heterocycles. The summed E-state index contributed by atoms with van der Waals surface area (Å²) in [6.07, 6.45) is 0. The molecule has 17 heavy (non-hydrogen) atoms. The molecule has 0 aromatic heterocycles. The summed E-state index contributed by atoms with van der Waals surface area (Å²) in [6, 6.07) is 0. The molecule has 2 amide bonds. The summed E-state index contributed by atoms with van der Waals surface area (Å²) in [7, 11) is 0. The highest BCUT2D eigenvalue weighted by molar-refractivity contribution is 5.77. The Labute approximate surface area is 99.1 Å². The average Bonchev–Trinajstić information content (AvgIpc) is 2.28. The summed E-state index contributed by atoms with van der Waals surface area (Å²) in [6.45, 7) is 1.77. The van der Waals surface area contributed by atoms with Crippen LogP contribution in [0, 0.1) is 0 Å². The lowest BCUT2D eigenvalue weighted by Gasteiger charge is -2.07. The van der Waals surface area contributed by atoms with Crippen molar-refractivity contribution in [2.45, 2.75) is 0 Å². The van der Waals surface area contributed by atoms with Gasteiger partial charge in [0, 0.05) is 26.2 Å². The van der Waals surface area contributed by atoms with E-state index in [2.05, 4.69) is 25.6 Å². The normalized spacial score (nSPS) is 10.0. The van der Waals surface area contributed by atoms with E-state index in [1.54, 1.807) is 0 Å². The van der Waals surface area contributed by atoms with E-state index in [1.165, 1.54) is 0 Å². The van der Waals surface area contributed by atoms with Crippen LogP contribution in [0.5, 0.6) is 0 Å². The SMILES string of the molecule is NOCC(=O)NCCNCCNC(=O)CON. The number of carbonyl (C=O) groups excluding carboxylic acids is 2. The number of hydrogen-bond acceptors (Lipinski definition) is 7. The Morgan fingerprint density at radius 2 is 1.24 bits per heavy atom. The van der Waals surface area contributed by atoms with Gasteiger partial charge in [-0.15, -0.1) is 0 Å². The molecule has 0 heterocycles. The topological polar surface area (TPSA) is 141 Å². The zero-order valence-electron chi connectivity index (χ0n) is 9.53. The first kappa shape index (κ1) is 15.7. The molecule has 9 nitrogen and oxygen atoms in total. The maximum Gasteiger partial charge on any atom is 0.248 e. The van der Waals surface area contributed by atoms with Crippen molar-refractivity contribution in [3.8, 4) is 0 Å². The summed E-state index contributed by atoms with van der Waals surface area (Å²) < 4.78 is 0. The molecule has 0 unspecified atom stereocenters. The fourth-order valence-corrected chi connectivity index (χ4v) is 0.959. The smallest absolute Gasteiger partial charge is 0.248 e. The summed E-state index contributed by atoms with van der Waals surface area (Å²) in [5.74, 6) is 8.88. The standard InChI is InChI=1S/C8H19N5O4/c9-16-5-7(14)12-3-1-11-2-4-13-8(15)6-17-10/h11H,1-6,9-10H2,(H,12,14)(H,13,15). The van der Waals surface area contributed by atoms with Gasteiger partial charge in [-0.05, 0) is 0 Å². The summed E-state index contributed by atoms with van der Waals surface area (Å²) in [5.41, 5.74) is 0. The van der Waals surface area contributed by atoms with Gasteiger partial charge in [-0.1, -0.05) is 0 Å². The Hall–Kier alpha value is -1.26. The van der Waals surface area contributed by atoms with E-state index in [-0.39, 0.29) is 25.0 Å². The molecule has 100 valence electrons. The van der Waals surface area contributed by atoms with Crippen LogP contribution in [0.3, 0.4) is 0 Å². The highest BCUT2D eigenvalue weighted by Crippen LogP contribution is 1.68. The first-order chi connectivity index (χ1) is 8.20. The van der Waals surface area contributed by atoms with Gasteiger partial charge >= 0.3 is 0 Å². The Kier molecular flexibility index (Phi) is 10.4. The van der Waals surface area contributed by atoms with Gasteiger partial charge in [0.15, 0.2) is 0 Å². The van der Waals surface area contributed by atoms with Crippen LogP contribution in [0.2, 0.25) is 0 Å². The maximum atomic E-state index is 10.9. The predicted molar refractivity (Wildman–Crippen MR) is 59.2 cm³/mol. The molecule has 0 radical (unpaired) electrons. The molecule has 0 atom stereocenters. The van der Waals surface area contributed by atoms with Crippen molar-refractivity contribution in [1.82, 2.24) is 16.0 Å². The van der Waals surface area contributed by atoms with Gasteiger partial charge in [0.05, 0.1) is 0 Å². The van der Waals surface area contributed by atoms with Crippen LogP contribution >= 0.6 is 0 Å². The van der Waals surface area contributed by atoms with Gasteiger partial charge in [0.25, 0.3) is 0 Å². The van der Waals surface area contributed by atoms with E-state index in [4.69, 9.17) is 11.8 Å². The van der Waals surface area contributed by atoms with Gasteiger partial charge < -0.3 is 16.0 Å². The number of nitrogens with one attached hydrogen (secondary N) is 3. The van der Waals surface area contributed by atoms with Crippen LogP contribution in [0.4, 0.5) is 0 Å². The third-order valence-corrected chi connectivity index (χ3v) is 1.68. The van der Waals surface area contributed by atoms with Crippen molar-refractivity contribution >= 4 is 11.8 Å². The lowest BCUT2D eigenvalue weighted by molar-refractivity contribution is -0.126. The summed E-state index contributed by atoms with van der Waals surface area (Å²) in [5, 5.41) is 8.15. The van der Waals surface area contributed by atoms with Crippen molar-refractivity contribution in [3.63, 3.8) is 0 Å². The number of carbonyl (C=O) groups is 2. The Morgan fingerprint density at radius 1 is 0.824 bits per heavy atom. The van der Waals surface area contributed by atoms with Gasteiger partial charge in [0.2, 0.25) is 11.8 Å². The minimum Gasteiger partial charge on any atom is -0.353 e. The van der Waals surface area contributed by atoms with Crippen molar-refractivity contribution in [3.05, 3.63) is 0 Å². The van der Waals surface area contributed by atoms with Crippen molar-refractivity contribution < 1.29 is 19.3 Å². The second kappa shape index (κ2) is 11.2. The molecule has 9 heteroatoms. The fourth-order valence-electron chi connectivity index (χ4n) is 0.959. The molecule has 0 spiro atoms. The number of amides is 2. The average molecular weight is 249 g/mol. The molecule has 0 aliphatic rings. The van der Waals surface area contributed by atoms with Crippen LogP contribution in [-0.4, -0.2) is 51.2 Å². The first-order valence-corrected chi connectivity index (χ1v) is 5.08. The fraction of sp³-hybridized carbons (Fsp3) is 0.750. The van der Waals surface area contributed by atoms with E-state index in [1.807, 2.05) is 0 Å². The molecule has 7 N–H and O–H groups in total. The molecule has 0 bridgehead atoms. The second-order valence-corrected chi connectivity index (χ2v) is 3.07. The highest BCUT2D eigenvalue weighted by atomic mass is 16.6.